The molecule has 1 aliphatic heterocycles. The Morgan fingerprint density at radius 3 is 2.74 bits per heavy atom. The molecule has 158 valence electrons. The standard InChI is InChI=1S/C23H21N3O3S2/c1-4-10-26-22(28)18(31-23(26)30)13-17-20(29-16-9-5-7-14(2)12-16)24-19-15(3)8-6-11-25(19)21(17)27/h5-9,11-13H,4,10H2,1-3H3/b18-13+. The quantitative estimate of drug-likeness (QED) is 0.413. The van der Waals surface area contributed by atoms with Crippen molar-refractivity contribution in [3.05, 3.63) is 74.5 Å². The lowest BCUT2D eigenvalue weighted by Crippen LogP contribution is -2.28. The summed E-state index contributed by atoms with van der Waals surface area (Å²) in [4.78, 5) is 32.8. The van der Waals surface area contributed by atoms with Crippen LogP contribution >= 0.6 is 24.0 Å². The number of benzene rings is 1. The van der Waals surface area contributed by atoms with Crippen LogP contribution in [0.1, 0.15) is 30.0 Å². The number of aryl methyl sites for hydroxylation is 2. The van der Waals surface area contributed by atoms with Gasteiger partial charge >= 0.3 is 0 Å². The first kappa shape index (κ1) is 21.3. The van der Waals surface area contributed by atoms with Gasteiger partial charge in [0.25, 0.3) is 11.5 Å². The highest BCUT2D eigenvalue weighted by atomic mass is 32.2. The number of rotatable bonds is 5. The fraction of sp³-hybridized carbons (Fsp3) is 0.217. The van der Waals surface area contributed by atoms with Crippen LogP contribution in [0.15, 0.2) is 52.3 Å². The monoisotopic (exact) mass is 451 g/mol. The van der Waals surface area contributed by atoms with E-state index in [4.69, 9.17) is 17.0 Å². The Morgan fingerprint density at radius 1 is 1.19 bits per heavy atom. The summed E-state index contributed by atoms with van der Waals surface area (Å²) in [7, 11) is 0. The molecule has 3 heterocycles. The van der Waals surface area contributed by atoms with E-state index in [-0.39, 0.29) is 22.9 Å². The fourth-order valence-electron chi connectivity index (χ4n) is 3.33. The first-order chi connectivity index (χ1) is 14.9. The third kappa shape index (κ3) is 4.13. The van der Waals surface area contributed by atoms with Gasteiger partial charge in [-0.25, -0.2) is 0 Å². The number of thiocarbonyl (C=S) groups is 1. The Balaban J connectivity index is 1.89. The molecule has 0 bridgehead atoms. The van der Waals surface area contributed by atoms with Gasteiger partial charge in [0.15, 0.2) is 0 Å². The van der Waals surface area contributed by atoms with Crippen molar-refractivity contribution in [1.82, 2.24) is 14.3 Å². The first-order valence-corrected chi connectivity index (χ1v) is 11.1. The number of hydrogen-bond donors (Lipinski definition) is 0. The first-order valence-electron chi connectivity index (χ1n) is 9.91. The number of amides is 1. The summed E-state index contributed by atoms with van der Waals surface area (Å²) in [5.74, 6) is 0.524. The Labute approximate surface area is 189 Å². The Morgan fingerprint density at radius 2 is 2.00 bits per heavy atom. The number of nitrogens with zero attached hydrogens (tertiary/aromatic N) is 3. The van der Waals surface area contributed by atoms with Crippen molar-refractivity contribution in [3.63, 3.8) is 0 Å². The van der Waals surface area contributed by atoms with E-state index >= 15 is 0 Å². The van der Waals surface area contributed by atoms with E-state index in [1.54, 1.807) is 29.3 Å². The van der Waals surface area contributed by atoms with E-state index in [0.717, 1.165) is 17.5 Å². The van der Waals surface area contributed by atoms with Crippen molar-refractivity contribution >= 4 is 45.9 Å². The Bertz CT molecular complexity index is 1300. The van der Waals surface area contributed by atoms with Crippen molar-refractivity contribution in [2.45, 2.75) is 27.2 Å². The third-order valence-corrected chi connectivity index (χ3v) is 6.23. The van der Waals surface area contributed by atoms with Crippen molar-refractivity contribution < 1.29 is 9.53 Å². The summed E-state index contributed by atoms with van der Waals surface area (Å²) in [6, 6.07) is 11.2. The summed E-state index contributed by atoms with van der Waals surface area (Å²) in [6.07, 6.45) is 4.00. The highest BCUT2D eigenvalue weighted by molar-refractivity contribution is 8.26. The van der Waals surface area contributed by atoms with Gasteiger partial charge in [0.2, 0.25) is 5.88 Å². The molecule has 0 N–H and O–H groups in total. The van der Waals surface area contributed by atoms with Crippen molar-refractivity contribution in [2.75, 3.05) is 6.54 Å². The Hall–Kier alpha value is -2.97. The molecule has 2 aromatic heterocycles. The normalized spacial score (nSPS) is 15.3. The SMILES string of the molecule is CCCN1C(=O)/C(=C\c2c(Oc3cccc(C)c3)nc3c(C)cccn3c2=O)SC1=S. The van der Waals surface area contributed by atoms with Crippen molar-refractivity contribution in [2.24, 2.45) is 0 Å². The van der Waals surface area contributed by atoms with E-state index in [1.165, 1.54) is 16.2 Å². The topological polar surface area (TPSA) is 63.9 Å². The van der Waals surface area contributed by atoms with Crippen LogP contribution in [0.4, 0.5) is 0 Å². The number of aromatic nitrogens is 2. The minimum atomic E-state index is -0.308. The zero-order valence-electron chi connectivity index (χ0n) is 17.4. The molecular weight excluding hydrogens is 430 g/mol. The van der Waals surface area contributed by atoms with Crippen LogP contribution in [0.3, 0.4) is 0 Å². The maximum atomic E-state index is 13.4. The summed E-state index contributed by atoms with van der Waals surface area (Å²) >= 11 is 6.54. The lowest BCUT2D eigenvalue weighted by Gasteiger charge is -2.12. The van der Waals surface area contributed by atoms with Gasteiger partial charge in [-0.2, -0.15) is 4.98 Å². The maximum absolute atomic E-state index is 13.4. The van der Waals surface area contributed by atoms with Crippen LogP contribution < -0.4 is 10.3 Å². The molecule has 1 fully saturated rings. The van der Waals surface area contributed by atoms with Crippen LogP contribution in [0, 0.1) is 13.8 Å². The van der Waals surface area contributed by atoms with Crippen molar-refractivity contribution in [3.8, 4) is 11.6 Å². The molecule has 1 saturated heterocycles. The van der Waals surface area contributed by atoms with Gasteiger partial charge in [-0.15, -0.1) is 0 Å². The summed E-state index contributed by atoms with van der Waals surface area (Å²) in [6.45, 7) is 6.37. The molecule has 31 heavy (non-hydrogen) atoms. The minimum absolute atomic E-state index is 0.158. The number of hydrogen-bond acceptors (Lipinski definition) is 6. The number of pyridine rings is 1. The van der Waals surface area contributed by atoms with Crippen molar-refractivity contribution in [1.29, 1.82) is 0 Å². The molecule has 0 unspecified atom stereocenters. The number of carbonyl (C=O) groups is 1. The number of thioether (sulfide) groups is 1. The second-order valence-corrected chi connectivity index (χ2v) is 8.95. The predicted octanol–water partition coefficient (Wildman–Crippen LogP) is 4.71. The lowest BCUT2D eigenvalue weighted by molar-refractivity contribution is -0.122. The average Bonchev–Trinajstić information content (AvgIpc) is 2.99. The van der Waals surface area contributed by atoms with Crippen LogP contribution in [0.2, 0.25) is 0 Å². The Kier molecular flexibility index (Phi) is 5.93. The van der Waals surface area contributed by atoms with E-state index in [9.17, 15) is 9.59 Å². The largest absolute Gasteiger partial charge is 0.438 e. The number of fused-ring (bicyclic) bond motifs is 1. The van der Waals surface area contributed by atoms with E-state index in [0.29, 0.717) is 27.2 Å². The lowest BCUT2D eigenvalue weighted by atomic mass is 10.2. The molecule has 4 rings (SSSR count). The zero-order chi connectivity index (χ0) is 22.1. The molecule has 8 heteroatoms. The number of carbonyl (C=O) groups excluding carboxylic acids is 1. The minimum Gasteiger partial charge on any atom is -0.438 e. The van der Waals surface area contributed by atoms with Crippen LogP contribution in [-0.2, 0) is 4.79 Å². The molecule has 6 nitrogen and oxygen atoms in total. The second-order valence-electron chi connectivity index (χ2n) is 7.27. The van der Waals surface area contributed by atoms with Gasteiger partial charge in [-0.1, -0.05) is 49.1 Å². The highest BCUT2D eigenvalue weighted by Crippen LogP contribution is 2.34. The van der Waals surface area contributed by atoms with Crippen LogP contribution in [0.5, 0.6) is 11.6 Å². The van der Waals surface area contributed by atoms with Gasteiger partial charge in [0.05, 0.1) is 4.91 Å². The fourth-order valence-corrected chi connectivity index (χ4v) is 4.62. The molecule has 0 radical (unpaired) electrons. The summed E-state index contributed by atoms with van der Waals surface area (Å²) in [5.41, 5.74) is 2.27. The van der Waals surface area contributed by atoms with E-state index < -0.39 is 0 Å². The highest BCUT2D eigenvalue weighted by Gasteiger charge is 2.32. The van der Waals surface area contributed by atoms with Gasteiger partial charge in [0.1, 0.15) is 21.3 Å². The van der Waals surface area contributed by atoms with Gasteiger partial charge in [0, 0.05) is 12.7 Å². The molecule has 3 aromatic rings. The van der Waals surface area contributed by atoms with Gasteiger partial charge in [-0.3, -0.25) is 18.9 Å². The smallest absolute Gasteiger partial charge is 0.269 e. The average molecular weight is 452 g/mol. The summed E-state index contributed by atoms with van der Waals surface area (Å²) < 4.78 is 8.00. The van der Waals surface area contributed by atoms with E-state index in [2.05, 4.69) is 4.98 Å². The molecule has 1 aromatic carbocycles. The molecule has 0 saturated carbocycles. The second kappa shape index (κ2) is 8.64. The number of ether oxygens (including phenoxy) is 1. The molecule has 0 aliphatic carbocycles. The zero-order valence-corrected chi connectivity index (χ0v) is 19.0. The molecule has 1 aliphatic rings. The van der Waals surface area contributed by atoms with Crippen LogP contribution in [0.25, 0.3) is 11.7 Å². The molecule has 0 spiro atoms. The predicted molar refractivity (Wildman–Crippen MR) is 128 cm³/mol. The van der Waals surface area contributed by atoms with Crippen LogP contribution in [-0.4, -0.2) is 31.1 Å². The van der Waals surface area contributed by atoms with Gasteiger partial charge < -0.3 is 4.74 Å². The summed E-state index contributed by atoms with van der Waals surface area (Å²) in [5, 5.41) is 0. The molecular formula is C23H21N3O3S2. The van der Waals surface area contributed by atoms with E-state index in [1.807, 2.05) is 45.0 Å². The molecule has 1 amide bonds. The molecule has 0 atom stereocenters. The maximum Gasteiger partial charge on any atom is 0.269 e. The van der Waals surface area contributed by atoms with Gasteiger partial charge in [-0.05, 0) is 55.7 Å². The third-order valence-electron chi connectivity index (χ3n) is 4.85.